The summed E-state index contributed by atoms with van der Waals surface area (Å²) < 4.78 is 11.1. The lowest BCUT2D eigenvalue weighted by Crippen LogP contribution is -2.22. The Kier molecular flexibility index (Phi) is 4.61. The number of rotatable bonds is 6. The highest BCUT2D eigenvalue weighted by Crippen LogP contribution is 2.21. The summed E-state index contributed by atoms with van der Waals surface area (Å²) in [5.74, 6) is 0.0376. The van der Waals surface area contributed by atoms with Crippen LogP contribution in [0.15, 0.2) is 60.7 Å². The number of ether oxygens (including phenoxy) is 2. The number of carboxylic acid groups (broad SMARTS) is 1. The third kappa shape index (κ3) is 3.81. The molecule has 5 nitrogen and oxygen atoms in total. The normalized spacial score (nSPS) is 11.9. The van der Waals surface area contributed by atoms with Crippen LogP contribution in [-0.4, -0.2) is 22.2 Å². The van der Waals surface area contributed by atoms with Crippen molar-refractivity contribution in [1.29, 1.82) is 0 Å². The Morgan fingerprint density at radius 2 is 1.88 bits per heavy atom. The molecule has 0 saturated heterocycles. The second-order valence-electron chi connectivity index (χ2n) is 5.36. The van der Waals surface area contributed by atoms with Gasteiger partial charge in [0.25, 0.3) is 0 Å². The van der Waals surface area contributed by atoms with E-state index in [9.17, 15) is 4.79 Å². The van der Waals surface area contributed by atoms with Gasteiger partial charge in [0.15, 0.2) is 6.10 Å². The van der Waals surface area contributed by atoms with Gasteiger partial charge in [-0.15, -0.1) is 0 Å². The van der Waals surface area contributed by atoms with Gasteiger partial charge >= 0.3 is 5.97 Å². The van der Waals surface area contributed by atoms with E-state index in [4.69, 9.17) is 14.6 Å². The SMILES string of the molecule is CC(Oc1cccc(OCc2ccc3ccccc3n2)c1)C(=O)O. The first-order chi connectivity index (χ1) is 11.6. The van der Waals surface area contributed by atoms with Crippen molar-refractivity contribution in [3.63, 3.8) is 0 Å². The monoisotopic (exact) mass is 323 g/mol. The average Bonchev–Trinajstić information content (AvgIpc) is 2.60. The summed E-state index contributed by atoms with van der Waals surface area (Å²) in [6.45, 7) is 1.80. The van der Waals surface area contributed by atoms with Crippen LogP contribution >= 0.6 is 0 Å². The molecule has 1 atom stereocenters. The number of nitrogens with zero attached hydrogens (tertiary/aromatic N) is 1. The number of para-hydroxylation sites is 1. The first-order valence-electron chi connectivity index (χ1n) is 7.59. The van der Waals surface area contributed by atoms with Crippen LogP contribution in [0.25, 0.3) is 10.9 Å². The second-order valence-corrected chi connectivity index (χ2v) is 5.36. The minimum Gasteiger partial charge on any atom is -0.487 e. The van der Waals surface area contributed by atoms with Gasteiger partial charge in [0.2, 0.25) is 0 Å². The van der Waals surface area contributed by atoms with Crippen molar-refractivity contribution in [2.24, 2.45) is 0 Å². The molecule has 0 amide bonds. The van der Waals surface area contributed by atoms with Gasteiger partial charge in [-0.25, -0.2) is 9.78 Å². The molecule has 2 aromatic carbocycles. The number of aliphatic carboxylic acids is 1. The quantitative estimate of drug-likeness (QED) is 0.749. The number of hydrogen-bond acceptors (Lipinski definition) is 4. The highest BCUT2D eigenvalue weighted by molar-refractivity contribution is 5.78. The van der Waals surface area contributed by atoms with E-state index in [-0.39, 0.29) is 0 Å². The van der Waals surface area contributed by atoms with Gasteiger partial charge in [0.1, 0.15) is 18.1 Å². The van der Waals surface area contributed by atoms with Crippen LogP contribution < -0.4 is 9.47 Å². The molecule has 0 spiro atoms. The van der Waals surface area contributed by atoms with Crippen molar-refractivity contribution in [3.05, 3.63) is 66.4 Å². The van der Waals surface area contributed by atoms with E-state index in [1.807, 2.05) is 36.4 Å². The summed E-state index contributed by atoms with van der Waals surface area (Å²) >= 11 is 0. The van der Waals surface area contributed by atoms with E-state index in [1.54, 1.807) is 24.3 Å². The van der Waals surface area contributed by atoms with Gasteiger partial charge in [0, 0.05) is 11.5 Å². The number of hydrogen-bond donors (Lipinski definition) is 1. The zero-order valence-corrected chi connectivity index (χ0v) is 13.2. The third-order valence-corrected chi connectivity index (χ3v) is 3.51. The summed E-state index contributed by atoms with van der Waals surface area (Å²) in [5.41, 5.74) is 1.74. The van der Waals surface area contributed by atoms with Crippen LogP contribution in [0.3, 0.4) is 0 Å². The van der Waals surface area contributed by atoms with Crippen LogP contribution in [0, 0.1) is 0 Å². The number of pyridine rings is 1. The summed E-state index contributed by atoms with van der Waals surface area (Å²) in [6, 6.07) is 18.7. The number of carboxylic acids is 1. The van der Waals surface area contributed by atoms with Gasteiger partial charge in [-0.3, -0.25) is 0 Å². The fraction of sp³-hybridized carbons (Fsp3) is 0.158. The van der Waals surface area contributed by atoms with Crippen LogP contribution in [0.2, 0.25) is 0 Å². The number of benzene rings is 2. The molecule has 0 bridgehead atoms. The van der Waals surface area contributed by atoms with Crippen LogP contribution in [0.1, 0.15) is 12.6 Å². The third-order valence-electron chi connectivity index (χ3n) is 3.51. The molecule has 0 aliphatic rings. The van der Waals surface area contributed by atoms with Gasteiger partial charge in [0.05, 0.1) is 11.2 Å². The van der Waals surface area contributed by atoms with Crippen LogP contribution in [0.5, 0.6) is 11.5 Å². The number of aromatic nitrogens is 1. The molecule has 0 aliphatic heterocycles. The zero-order valence-electron chi connectivity index (χ0n) is 13.2. The average molecular weight is 323 g/mol. The predicted octanol–water partition coefficient (Wildman–Crippen LogP) is 3.67. The molecule has 0 radical (unpaired) electrons. The van der Waals surface area contributed by atoms with Crippen molar-refractivity contribution in [2.75, 3.05) is 0 Å². The molecule has 1 heterocycles. The summed E-state index contributed by atoms with van der Waals surface area (Å²) in [5, 5.41) is 9.97. The highest BCUT2D eigenvalue weighted by atomic mass is 16.5. The molecule has 1 N–H and O–H groups in total. The standard InChI is InChI=1S/C19H17NO4/c1-13(19(21)22)24-17-7-4-6-16(11-17)23-12-15-10-9-14-5-2-3-8-18(14)20-15/h2-11,13H,12H2,1H3,(H,21,22). The molecule has 1 aromatic heterocycles. The van der Waals surface area contributed by atoms with Crippen LogP contribution in [0.4, 0.5) is 0 Å². The Morgan fingerprint density at radius 3 is 2.71 bits per heavy atom. The minimum atomic E-state index is -1.01. The van der Waals surface area contributed by atoms with Gasteiger partial charge < -0.3 is 14.6 Å². The maximum absolute atomic E-state index is 10.8. The molecule has 0 aliphatic carbocycles. The minimum absolute atomic E-state index is 0.322. The lowest BCUT2D eigenvalue weighted by molar-refractivity contribution is -0.144. The summed E-state index contributed by atoms with van der Waals surface area (Å²) in [6.07, 6.45) is -0.914. The van der Waals surface area contributed by atoms with Gasteiger partial charge in [-0.2, -0.15) is 0 Å². The molecule has 0 fully saturated rings. The Morgan fingerprint density at radius 1 is 1.08 bits per heavy atom. The second kappa shape index (κ2) is 7.00. The van der Waals surface area contributed by atoms with Crippen molar-refractivity contribution in [3.8, 4) is 11.5 Å². The van der Waals surface area contributed by atoms with Crippen molar-refractivity contribution >= 4 is 16.9 Å². The highest BCUT2D eigenvalue weighted by Gasteiger charge is 2.12. The van der Waals surface area contributed by atoms with Crippen LogP contribution in [-0.2, 0) is 11.4 Å². The lowest BCUT2D eigenvalue weighted by Gasteiger charge is -2.12. The van der Waals surface area contributed by atoms with Crippen molar-refractivity contribution in [2.45, 2.75) is 19.6 Å². The van der Waals surface area contributed by atoms with E-state index in [0.717, 1.165) is 16.6 Å². The zero-order chi connectivity index (χ0) is 16.9. The van der Waals surface area contributed by atoms with E-state index >= 15 is 0 Å². The topological polar surface area (TPSA) is 68.7 Å². The molecule has 0 saturated carbocycles. The maximum Gasteiger partial charge on any atom is 0.344 e. The summed E-state index contributed by atoms with van der Waals surface area (Å²) in [7, 11) is 0. The van der Waals surface area contributed by atoms with Crippen molar-refractivity contribution in [1.82, 2.24) is 4.98 Å². The van der Waals surface area contributed by atoms with Crippen molar-refractivity contribution < 1.29 is 19.4 Å². The van der Waals surface area contributed by atoms with Gasteiger partial charge in [-0.1, -0.05) is 30.3 Å². The molecule has 5 heteroatoms. The molecule has 1 unspecified atom stereocenters. The first kappa shape index (κ1) is 15.8. The molecular formula is C19H17NO4. The fourth-order valence-electron chi connectivity index (χ4n) is 2.24. The van der Waals surface area contributed by atoms with Gasteiger partial charge in [-0.05, 0) is 31.2 Å². The fourth-order valence-corrected chi connectivity index (χ4v) is 2.24. The maximum atomic E-state index is 10.8. The first-order valence-corrected chi connectivity index (χ1v) is 7.59. The van der Waals surface area contributed by atoms with E-state index < -0.39 is 12.1 Å². The Bertz CT molecular complexity index is 863. The molecular weight excluding hydrogens is 306 g/mol. The molecule has 3 rings (SSSR count). The van der Waals surface area contributed by atoms with E-state index in [2.05, 4.69) is 4.98 Å². The Labute approximate surface area is 139 Å². The predicted molar refractivity (Wildman–Crippen MR) is 90.2 cm³/mol. The van der Waals surface area contributed by atoms with E-state index in [1.165, 1.54) is 6.92 Å². The smallest absolute Gasteiger partial charge is 0.344 e. The molecule has 24 heavy (non-hydrogen) atoms. The Balaban J connectivity index is 1.68. The largest absolute Gasteiger partial charge is 0.487 e. The molecule has 3 aromatic rings. The Hall–Kier alpha value is -3.08. The number of fused-ring (bicyclic) bond motifs is 1. The number of carbonyl (C=O) groups is 1. The summed E-state index contributed by atoms with van der Waals surface area (Å²) in [4.78, 5) is 15.4. The van der Waals surface area contributed by atoms with E-state index in [0.29, 0.717) is 18.1 Å². The lowest BCUT2D eigenvalue weighted by atomic mass is 10.2. The molecule has 122 valence electrons.